The number of halogens is 1. The zero-order valence-electron chi connectivity index (χ0n) is 9.98. The van der Waals surface area contributed by atoms with Crippen LogP contribution in [0.25, 0.3) is 0 Å². The third-order valence-corrected chi connectivity index (χ3v) is 2.62. The normalized spacial score (nSPS) is 12.2. The molecule has 0 spiro atoms. The second kappa shape index (κ2) is 5.18. The van der Waals surface area contributed by atoms with Crippen LogP contribution in [0.5, 0.6) is 0 Å². The van der Waals surface area contributed by atoms with Crippen LogP contribution in [-0.4, -0.2) is 16.1 Å². The molecule has 0 bridgehead atoms. The van der Waals surface area contributed by atoms with E-state index in [4.69, 9.17) is 16.0 Å². The first kappa shape index (κ1) is 12.6. The Morgan fingerprint density at radius 2 is 2.00 bits per heavy atom. The summed E-state index contributed by atoms with van der Waals surface area (Å²) in [5.41, 5.74) is 0.530. The van der Waals surface area contributed by atoms with Crippen LogP contribution in [0.2, 0.25) is 5.02 Å². The minimum Gasteiger partial charge on any atom is -0.423 e. The molecule has 1 amide bonds. The predicted octanol–water partition coefficient (Wildman–Crippen LogP) is 2.52. The van der Waals surface area contributed by atoms with Crippen molar-refractivity contribution in [1.29, 1.82) is 0 Å². The molecule has 6 heteroatoms. The average molecular weight is 266 g/mol. The van der Waals surface area contributed by atoms with Crippen LogP contribution >= 0.6 is 11.6 Å². The number of nitrogens with one attached hydrogen (secondary N) is 1. The van der Waals surface area contributed by atoms with E-state index in [0.717, 1.165) is 0 Å². The van der Waals surface area contributed by atoms with Crippen molar-refractivity contribution in [3.63, 3.8) is 0 Å². The van der Waals surface area contributed by atoms with Gasteiger partial charge in [-0.1, -0.05) is 11.6 Å². The molecule has 1 aromatic carbocycles. The molecular weight excluding hydrogens is 254 g/mol. The van der Waals surface area contributed by atoms with E-state index < -0.39 is 0 Å². The summed E-state index contributed by atoms with van der Waals surface area (Å²) < 4.78 is 5.24. The lowest BCUT2D eigenvalue weighted by Gasteiger charge is -2.09. The van der Waals surface area contributed by atoms with Crippen molar-refractivity contribution in [3.05, 3.63) is 46.6 Å². The zero-order chi connectivity index (χ0) is 13.1. The zero-order valence-corrected chi connectivity index (χ0v) is 10.7. The van der Waals surface area contributed by atoms with Gasteiger partial charge in [-0.2, -0.15) is 0 Å². The van der Waals surface area contributed by atoms with Gasteiger partial charge in [0.15, 0.2) is 0 Å². The molecular formula is C12H12ClN3O2. The van der Waals surface area contributed by atoms with Crippen molar-refractivity contribution < 1.29 is 9.21 Å². The van der Waals surface area contributed by atoms with Crippen LogP contribution in [-0.2, 0) is 0 Å². The molecule has 0 radical (unpaired) electrons. The number of hydrogen-bond donors (Lipinski definition) is 1. The van der Waals surface area contributed by atoms with Crippen LogP contribution < -0.4 is 5.32 Å². The maximum atomic E-state index is 11.9. The molecule has 18 heavy (non-hydrogen) atoms. The summed E-state index contributed by atoms with van der Waals surface area (Å²) in [7, 11) is 0. The summed E-state index contributed by atoms with van der Waals surface area (Å²) >= 11 is 5.76. The van der Waals surface area contributed by atoms with Crippen LogP contribution in [0.1, 0.15) is 35.1 Å². The van der Waals surface area contributed by atoms with Gasteiger partial charge in [0.05, 0.1) is 0 Å². The highest BCUT2D eigenvalue weighted by Gasteiger charge is 2.16. The smallest absolute Gasteiger partial charge is 0.251 e. The minimum absolute atomic E-state index is 0.213. The quantitative estimate of drug-likeness (QED) is 0.926. The summed E-state index contributed by atoms with van der Waals surface area (Å²) in [5.74, 6) is 0.641. The monoisotopic (exact) mass is 265 g/mol. The van der Waals surface area contributed by atoms with Crippen molar-refractivity contribution in [1.82, 2.24) is 15.5 Å². The highest BCUT2D eigenvalue weighted by Crippen LogP contribution is 2.13. The first-order valence-corrected chi connectivity index (χ1v) is 5.80. The Hall–Kier alpha value is -1.88. The molecule has 5 nitrogen and oxygen atoms in total. The molecule has 1 unspecified atom stereocenters. The van der Waals surface area contributed by atoms with E-state index in [0.29, 0.717) is 22.4 Å². The first-order chi connectivity index (χ1) is 8.56. The minimum atomic E-state index is -0.339. The Balaban J connectivity index is 2.05. The SMILES string of the molecule is Cc1nnc(C(C)NC(=O)c2ccc(Cl)cc2)o1. The van der Waals surface area contributed by atoms with Crippen LogP contribution in [0.15, 0.2) is 28.7 Å². The molecule has 0 aliphatic rings. The van der Waals surface area contributed by atoms with Gasteiger partial charge in [0, 0.05) is 17.5 Å². The molecule has 0 saturated carbocycles. The summed E-state index contributed by atoms with van der Waals surface area (Å²) in [6.45, 7) is 3.48. The Kier molecular flexibility index (Phi) is 3.62. The lowest BCUT2D eigenvalue weighted by molar-refractivity contribution is 0.0934. The maximum Gasteiger partial charge on any atom is 0.251 e. The Morgan fingerprint density at radius 1 is 1.33 bits per heavy atom. The predicted molar refractivity (Wildman–Crippen MR) is 66.4 cm³/mol. The van der Waals surface area contributed by atoms with Gasteiger partial charge in [-0.15, -0.1) is 10.2 Å². The number of nitrogens with zero attached hydrogens (tertiary/aromatic N) is 2. The summed E-state index contributed by atoms with van der Waals surface area (Å²) in [4.78, 5) is 11.9. The van der Waals surface area contributed by atoms with E-state index in [-0.39, 0.29) is 11.9 Å². The Labute approximate surface area is 109 Å². The Bertz CT molecular complexity index is 551. The van der Waals surface area contributed by atoms with Gasteiger partial charge in [0.1, 0.15) is 6.04 Å². The van der Waals surface area contributed by atoms with Gasteiger partial charge in [-0.25, -0.2) is 0 Å². The van der Waals surface area contributed by atoms with Gasteiger partial charge in [0.25, 0.3) is 5.91 Å². The fourth-order valence-electron chi connectivity index (χ4n) is 1.43. The summed E-state index contributed by atoms with van der Waals surface area (Å²) in [6, 6.07) is 6.30. The lowest BCUT2D eigenvalue weighted by Crippen LogP contribution is -2.26. The van der Waals surface area contributed by atoms with Crippen LogP contribution in [0, 0.1) is 6.92 Å². The van der Waals surface area contributed by atoms with E-state index in [2.05, 4.69) is 15.5 Å². The van der Waals surface area contributed by atoms with E-state index in [9.17, 15) is 4.79 Å². The van der Waals surface area contributed by atoms with Gasteiger partial charge in [-0.3, -0.25) is 4.79 Å². The van der Waals surface area contributed by atoms with E-state index in [1.165, 1.54) is 0 Å². The van der Waals surface area contributed by atoms with Crippen molar-refractivity contribution in [2.45, 2.75) is 19.9 Å². The number of hydrogen-bond acceptors (Lipinski definition) is 4. The molecule has 1 heterocycles. The molecule has 0 fully saturated rings. The first-order valence-electron chi connectivity index (χ1n) is 5.42. The number of carbonyl (C=O) groups is 1. The molecule has 1 N–H and O–H groups in total. The molecule has 2 aromatic rings. The van der Waals surface area contributed by atoms with Crippen LogP contribution in [0.3, 0.4) is 0 Å². The van der Waals surface area contributed by atoms with Crippen molar-refractivity contribution in [2.24, 2.45) is 0 Å². The maximum absolute atomic E-state index is 11.9. The second-order valence-corrected chi connectivity index (χ2v) is 4.30. The highest BCUT2D eigenvalue weighted by molar-refractivity contribution is 6.30. The molecule has 0 aliphatic heterocycles. The van der Waals surface area contributed by atoms with E-state index in [1.807, 2.05) is 0 Å². The Morgan fingerprint density at radius 3 is 2.56 bits per heavy atom. The second-order valence-electron chi connectivity index (χ2n) is 3.86. The summed E-state index contributed by atoms with van der Waals surface area (Å²) in [6.07, 6.45) is 0. The molecule has 1 atom stereocenters. The van der Waals surface area contributed by atoms with Crippen LogP contribution in [0.4, 0.5) is 0 Å². The van der Waals surface area contributed by atoms with Crippen molar-refractivity contribution >= 4 is 17.5 Å². The van der Waals surface area contributed by atoms with Gasteiger partial charge >= 0.3 is 0 Å². The molecule has 2 rings (SSSR count). The van der Waals surface area contributed by atoms with Gasteiger partial charge in [-0.05, 0) is 31.2 Å². The number of amides is 1. The summed E-state index contributed by atoms with van der Waals surface area (Å²) in [5, 5.41) is 10.9. The number of aryl methyl sites for hydroxylation is 1. The fourth-order valence-corrected chi connectivity index (χ4v) is 1.56. The standard InChI is InChI=1S/C12H12ClN3O2/c1-7(12-16-15-8(2)18-12)14-11(17)9-3-5-10(13)6-4-9/h3-7H,1-2H3,(H,14,17). The highest BCUT2D eigenvalue weighted by atomic mass is 35.5. The van der Waals surface area contributed by atoms with Gasteiger partial charge < -0.3 is 9.73 Å². The number of aromatic nitrogens is 2. The van der Waals surface area contributed by atoms with E-state index >= 15 is 0 Å². The molecule has 94 valence electrons. The van der Waals surface area contributed by atoms with Crippen molar-refractivity contribution in [3.8, 4) is 0 Å². The molecule has 0 aliphatic carbocycles. The topological polar surface area (TPSA) is 68.0 Å². The van der Waals surface area contributed by atoms with Gasteiger partial charge in [0.2, 0.25) is 11.8 Å². The number of rotatable bonds is 3. The van der Waals surface area contributed by atoms with E-state index in [1.54, 1.807) is 38.1 Å². The third kappa shape index (κ3) is 2.87. The third-order valence-electron chi connectivity index (χ3n) is 2.37. The number of benzene rings is 1. The largest absolute Gasteiger partial charge is 0.423 e. The average Bonchev–Trinajstić information content (AvgIpc) is 2.76. The fraction of sp³-hybridized carbons (Fsp3) is 0.250. The lowest BCUT2D eigenvalue weighted by atomic mass is 10.2. The molecule has 0 saturated heterocycles. The number of carbonyl (C=O) groups excluding carboxylic acids is 1. The van der Waals surface area contributed by atoms with Crippen molar-refractivity contribution in [2.75, 3.05) is 0 Å². The molecule has 1 aromatic heterocycles.